The predicted molar refractivity (Wildman–Crippen MR) is 144 cm³/mol. The smallest absolute Gasteiger partial charge is 0.310 e. The van der Waals surface area contributed by atoms with Gasteiger partial charge in [0, 0.05) is 10.4 Å². The van der Waals surface area contributed by atoms with Crippen LogP contribution in [0.1, 0.15) is 42.0 Å². The second-order valence-electron chi connectivity index (χ2n) is 9.12. The number of amides is 1. The van der Waals surface area contributed by atoms with Crippen molar-refractivity contribution in [2.75, 3.05) is 6.61 Å². The van der Waals surface area contributed by atoms with Crippen LogP contribution in [0.2, 0.25) is 0 Å². The Morgan fingerprint density at radius 1 is 0.972 bits per heavy atom. The number of hydrogen-bond donors (Lipinski definition) is 0. The highest BCUT2D eigenvalue weighted by molar-refractivity contribution is 9.10. The Kier molecular flexibility index (Phi) is 7.42. The van der Waals surface area contributed by atoms with Crippen LogP contribution in [0.25, 0.3) is 6.08 Å². The summed E-state index contributed by atoms with van der Waals surface area (Å²) in [6.45, 7) is -0.333. The molecule has 1 saturated carbocycles. The monoisotopic (exact) mass is 542 g/mol. The van der Waals surface area contributed by atoms with Crippen molar-refractivity contribution in [3.05, 3.63) is 112 Å². The SMILES string of the molecule is O=C(Cc1ccc(Br)cc1)OCC(=O)N1N=C2C(=Cc3ccccc3)CCCC2C1c1ccccc1. The zero-order valence-corrected chi connectivity index (χ0v) is 21.4. The summed E-state index contributed by atoms with van der Waals surface area (Å²) in [7, 11) is 0. The molecule has 6 heteroatoms. The number of halogens is 1. The Labute approximate surface area is 219 Å². The van der Waals surface area contributed by atoms with Crippen LogP contribution in [-0.2, 0) is 20.7 Å². The molecule has 1 aliphatic heterocycles. The molecule has 0 saturated heterocycles. The summed E-state index contributed by atoms with van der Waals surface area (Å²) in [6.07, 6.45) is 5.21. The normalized spacial score (nSPS) is 20.1. The van der Waals surface area contributed by atoms with E-state index in [-0.39, 0.29) is 30.9 Å². The molecule has 1 aliphatic carbocycles. The van der Waals surface area contributed by atoms with Gasteiger partial charge in [-0.15, -0.1) is 0 Å². The average Bonchev–Trinajstić information content (AvgIpc) is 3.31. The van der Waals surface area contributed by atoms with Crippen LogP contribution in [0.4, 0.5) is 0 Å². The number of hydrogen-bond acceptors (Lipinski definition) is 4. The Hall–Kier alpha value is -3.51. The number of carbonyl (C=O) groups is 2. The van der Waals surface area contributed by atoms with E-state index in [9.17, 15) is 9.59 Å². The molecule has 2 atom stereocenters. The van der Waals surface area contributed by atoms with E-state index in [1.807, 2.05) is 72.8 Å². The molecule has 2 unspecified atom stereocenters. The second-order valence-corrected chi connectivity index (χ2v) is 10.0. The van der Waals surface area contributed by atoms with Crippen molar-refractivity contribution >= 4 is 39.6 Å². The van der Waals surface area contributed by atoms with E-state index in [1.165, 1.54) is 5.57 Å². The van der Waals surface area contributed by atoms with Crippen LogP contribution in [0.3, 0.4) is 0 Å². The number of fused-ring (bicyclic) bond motifs is 1. The number of nitrogens with zero attached hydrogens (tertiary/aromatic N) is 2. The van der Waals surface area contributed by atoms with Crippen LogP contribution >= 0.6 is 15.9 Å². The van der Waals surface area contributed by atoms with Crippen molar-refractivity contribution in [1.82, 2.24) is 5.01 Å². The van der Waals surface area contributed by atoms with Gasteiger partial charge in [-0.25, -0.2) is 5.01 Å². The Balaban J connectivity index is 1.36. The van der Waals surface area contributed by atoms with E-state index in [1.54, 1.807) is 5.01 Å². The summed E-state index contributed by atoms with van der Waals surface area (Å²) >= 11 is 3.39. The van der Waals surface area contributed by atoms with Gasteiger partial charge in [0.15, 0.2) is 6.61 Å². The molecule has 5 rings (SSSR count). The molecule has 5 nitrogen and oxygen atoms in total. The van der Waals surface area contributed by atoms with E-state index in [0.717, 1.165) is 46.1 Å². The predicted octanol–water partition coefficient (Wildman–Crippen LogP) is 6.36. The molecule has 3 aromatic carbocycles. The van der Waals surface area contributed by atoms with Crippen LogP contribution < -0.4 is 0 Å². The van der Waals surface area contributed by atoms with E-state index in [4.69, 9.17) is 9.84 Å². The maximum atomic E-state index is 13.4. The van der Waals surface area contributed by atoms with Crippen molar-refractivity contribution in [3.8, 4) is 0 Å². The average molecular weight is 543 g/mol. The number of esters is 1. The van der Waals surface area contributed by atoms with Crippen LogP contribution in [-0.4, -0.2) is 29.2 Å². The van der Waals surface area contributed by atoms with E-state index in [0.29, 0.717) is 0 Å². The molecule has 3 aromatic rings. The third-order valence-electron chi connectivity index (χ3n) is 6.66. The summed E-state index contributed by atoms with van der Waals surface area (Å²) in [4.78, 5) is 25.8. The van der Waals surface area contributed by atoms with Crippen LogP contribution in [0, 0.1) is 5.92 Å². The zero-order chi connectivity index (χ0) is 24.9. The van der Waals surface area contributed by atoms with Gasteiger partial charge in [-0.2, -0.15) is 5.10 Å². The van der Waals surface area contributed by atoms with Gasteiger partial charge in [0.1, 0.15) is 0 Å². The highest BCUT2D eigenvalue weighted by atomic mass is 79.9. The number of carbonyl (C=O) groups excluding carboxylic acids is 2. The second kappa shape index (κ2) is 11.0. The van der Waals surface area contributed by atoms with Gasteiger partial charge in [-0.3, -0.25) is 9.59 Å². The third-order valence-corrected chi connectivity index (χ3v) is 7.19. The van der Waals surface area contributed by atoms with Crippen molar-refractivity contribution in [1.29, 1.82) is 0 Å². The van der Waals surface area contributed by atoms with Crippen molar-refractivity contribution in [2.45, 2.75) is 31.7 Å². The minimum atomic E-state index is -0.434. The topological polar surface area (TPSA) is 59.0 Å². The molecule has 0 N–H and O–H groups in total. The van der Waals surface area contributed by atoms with Crippen molar-refractivity contribution < 1.29 is 14.3 Å². The maximum absolute atomic E-state index is 13.4. The molecule has 182 valence electrons. The lowest BCUT2D eigenvalue weighted by Gasteiger charge is -2.29. The summed E-state index contributed by atoms with van der Waals surface area (Å²) in [5, 5.41) is 6.40. The van der Waals surface area contributed by atoms with Crippen LogP contribution in [0.15, 0.2) is 100 Å². The highest BCUT2D eigenvalue weighted by Gasteiger charge is 2.43. The molecule has 0 radical (unpaired) electrons. The molecule has 1 fully saturated rings. The molecule has 1 amide bonds. The van der Waals surface area contributed by atoms with Gasteiger partial charge >= 0.3 is 5.97 Å². The molecule has 2 aliphatic rings. The fraction of sp³-hybridized carbons (Fsp3) is 0.233. The zero-order valence-electron chi connectivity index (χ0n) is 19.8. The lowest BCUT2D eigenvalue weighted by molar-refractivity contribution is -0.152. The third kappa shape index (κ3) is 5.49. The van der Waals surface area contributed by atoms with E-state index in [2.05, 4.69) is 34.1 Å². The van der Waals surface area contributed by atoms with Crippen molar-refractivity contribution in [2.24, 2.45) is 11.0 Å². The molecule has 0 spiro atoms. The van der Waals surface area contributed by atoms with Gasteiger partial charge in [-0.1, -0.05) is 88.7 Å². The van der Waals surface area contributed by atoms with E-state index >= 15 is 0 Å². The van der Waals surface area contributed by atoms with Gasteiger partial charge in [0.05, 0.1) is 18.2 Å². The lowest BCUT2D eigenvalue weighted by Crippen LogP contribution is -2.34. The van der Waals surface area contributed by atoms with Gasteiger partial charge < -0.3 is 4.74 Å². The summed E-state index contributed by atoms with van der Waals surface area (Å²) in [6, 6.07) is 27.5. The first kappa shape index (κ1) is 24.2. The number of benzene rings is 3. The van der Waals surface area contributed by atoms with E-state index < -0.39 is 5.97 Å². The minimum Gasteiger partial charge on any atom is -0.455 e. The first-order valence-corrected chi connectivity index (χ1v) is 13.0. The largest absolute Gasteiger partial charge is 0.455 e. The number of rotatable bonds is 6. The standard InChI is InChI=1S/C30H27BrN2O3/c31-25-16-14-22(15-17-25)19-28(35)36-20-27(34)33-30(23-10-5-2-6-11-23)26-13-7-12-24(29(26)32-33)18-21-8-3-1-4-9-21/h1-6,8-11,14-18,26,30H,7,12-13,19-20H2. The molecule has 0 bridgehead atoms. The van der Waals surface area contributed by atoms with Crippen LogP contribution in [0.5, 0.6) is 0 Å². The van der Waals surface area contributed by atoms with Crippen molar-refractivity contribution in [3.63, 3.8) is 0 Å². The van der Waals surface area contributed by atoms with Gasteiger partial charge in [0.25, 0.3) is 5.91 Å². The summed E-state index contributed by atoms with van der Waals surface area (Å²) in [5.41, 5.74) is 5.13. The number of hydrazone groups is 1. The Bertz CT molecular complexity index is 1290. The first-order chi connectivity index (χ1) is 17.6. The first-order valence-electron chi connectivity index (χ1n) is 12.2. The molecule has 0 aromatic heterocycles. The molecule has 36 heavy (non-hydrogen) atoms. The number of ether oxygens (including phenoxy) is 1. The fourth-order valence-electron chi connectivity index (χ4n) is 4.97. The highest BCUT2D eigenvalue weighted by Crippen LogP contribution is 2.44. The molecular formula is C30H27BrN2O3. The Morgan fingerprint density at radius 3 is 2.39 bits per heavy atom. The molecular weight excluding hydrogens is 516 g/mol. The minimum absolute atomic E-state index is 0.110. The lowest BCUT2D eigenvalue weighted by atomic mass is 9.77. The van der Waals surface area contributed by atoms with Gasteiger partial charge in [-0.05, 0) is 59.7 Å². The quantitative estimate of drug-likeness (QED) is 0.340. The summed E-state index contributed by atoms with van der Waals surface area (Å²) in [5.74, 6) is -0.636. The molecule has 1 heterocycles. The fourth-order valence-corrected chi connectivity index (χ4v) is 5.23. The van der Waals surface area contributed by atoms with Gasteiger partial charge in [0.2, 0.25) is 0 Å². The summed E-state index contributed by atoms with van der Waals surface area (Å²) < 4.78 is 6.33. The maximum Gasteiger partial charge on any atom is 0.310 e. The Morgan fingerprint density at radius 2 is 1.67 bits per heavy atom. The number of allylic oxidation sites excluding steroid dienone is 1.